The number of fused-ring (bicyclic) bond motifs is 8. The number of hydrogen-bond acceptors (Lipinski definition) is 5. The first kappa shape index (κ1) is 67.8. The Balaban J connectivity index is 0.798. The lowest BCUT2D eigenvalue weighted by Gasteiger charge is -2.43. The summed E-state index contributed by atoms with van der Waals surface area (Å²) in [6.45, 7) is 21.7. The van der Waals surface area contributed by atoms with Crippen molar-refractivity contribution in [1.82, 2.24) is 0 Å². The van der Waals surface area contributed by atoms with E-state index in [1.165, 1.54) is 66.8 Å². The summed E-state index contributed by atoms with van der Waals surface area (Å²) in [5, 5.41) is 0. The minimum atomic E-state index is -0.616. The minimum Gasteiger partial charge on any atom is -0.490 e. The van der Waals surface area contributed by atoms with Gasteiger partial charge in [0.25, 0.3) is 0 Å². The van der Waals surface area contributed by atoms with Gasteiger partial charge in [0.2, 0.25) is 0 Å². The van der Waals surface area contributed by atoms with Crippen LogP contribution in [-0.4, -0.2) is 18.3 Å². The smallest absolute Gasteiger partial charge is 0.127 e. The molecule has 0 bridgehead atoms. The van der Waals surface area contributed by atoms with Crippen molar-refractivity contribution < 1.29 is 23.0 Å². The molecule has 0 radical (unpaired) electrons. The van der Waals surface area contributed by atoms with Crippen LogP contribution in [0.1, 0.15) is 149 Å². The molecule has 10 aliphatic rings. The monoisotopic (exact) mass is 1380 g/mol. The molecule has 526 valence electrons. The molecule has 7 aromatic rings. The van der Waals surface area contributed by atoms with Crippen molar-refractivity contribution in [3.05, 3.63) is 388 Å². The summed E-state index contributed by atoms with van der Waals surface area (Å²) in [7, 11) is 0. The Labute approximate surface area is 619 Å². The zero-order valence-corrected chi connectivity index (χ0v) is 61.1. The van der Waals surface area contributed by atoms with E-state index in [-0.39, 0.29) is 70.4 Å². The normalized spacial score (nSPS) is 26.0. The van der Waals surface area contributed by atoms with Gasteiger partial charge in [0.1, 0.15) is 29.2 Å². The van der Waals surface area contributed by atoms with E-state index in [1.54, 1.807) is 24.3 Å². The number of nitrogens with zero attached hydrogens (tertiary/aromatic N) is 2. The molecule has 9 aliphatic carbocycles. The third-order valence-electron chi connectivity index (χ3n) is 24.2. The Morgan fingerprint density at radius 1 is 0.552 bits per heavy atom. The fraction of sp³-hybridized carbons (Fsp3) is 0.265. The van der Waals surface area contributed by atoms with Crippen molar-refractivity contribution in [1.29, 1.82) is 0 Å². The van der Waals surface area contributed by atoms with E-state index in [0.29, 0.717) is 0 Å². The summed E-state index contributed by atoms with van der Waals surface area (Å²) < 4.78 is 52.2. The molecular weight excluding hydrogens is 1290 g/mol. The number of halogens is 2. The highest BCUT2D eigenvalue weighted by Gasteiger charge is 2.57. The Morgan fingerprint density at radius 2 is 1.22 bits per heavy atom. The van der Waals surface area contributed by atoms with E-state index in [2.05, 4.69) is 259 Å². The van der Waals surface area contributed by atoms with Crippen LogP contribution in [0.3, 0.4) is 0 Å². The number of benzene rings is 7. The van der Waals surface area contributed by atoms with Crippen molar-refractivity contribution in [2.45, 2.75) is 139 Å². The van der Waals surface area contributed by atoms with Gasteiger partial charge in [-0.05, 0) is 243 Å². The average molecular weight is 1380 g/mol. The molecule has 5 nitrogen and oxygen atoms in total. The molecule has 0 N–H and O–H groups in total. The number of anilines is 4. The van der Waals surface area contributed by atoms with Gasteiger partial charge in [0, 0.05) is 76.1 Å². The zero-order chi connectivity index (χ0) is 71.9. The van der Waals surface area contributed by atoms with E-state index >= 15 is 8.78 Å². The lowest BCUT2D eigenvalue weighted by molar-refractivity contribution is 0.0508. The fourth-order valence-electron chi connectivity index (χ4n) is 19.1. The number of rotatable bonds is 16. The molecule has 1 heterocycles. The highest BCUT2D eigenvalue weighted by molar-refractivity contribution is 5.91. The first-order valence-electron chi connectivity index (χ1n) is 38.0. The quantitative estimate of drug-likeness (QED) is 0.0963. The van der Waals surface area contributed by atoms with E-state index < -0.39 is 10.8 Å². The van der Waals surface area contributed by atoms with Crippen LogP contribution < -0.4 is 14.5 Å². The molecule has 0 spiro atoms. The predicted octanol–water partition coefficient (Wildman–Crippen LogP) is 24.4. The maximum absolute atomic E-state index is 15.7. The second-order valence-electron chi connectivity index (χ2n) is 32.1. The van der Waals surface area contributed by atoms with Gasteiger partial charge in [0.05, 0.1) is 23.4 Å². The molecule has 7 aromatic carbocycles. The lowest BCUT2D eigenvalue weighted by atomic mass is 9.60. The van der Waals surface area contributed by atoms with Crippen molar-refractivity contribution in [3.63, 3.8) is 0 Å². The SMILES string of the molecule is C=CC1=CC=C(OC2C=CC(C3(c4ccc(C(C)(C)C)cc4)c4cc(N(C5=CCCC6OC7C=CC=C(N(c8ccc(F)cc8)c8ccc9c(c8)C(c8ccc(C(C)(C)C)cc8)(C8C=CC(Oc%10ccc(C=C)cc%10)=CC8)C8=C9C=CCC8)C7C56)c5ccc(F)cc5)ccc4C4C=CC=CC43)=CC2)CC1. The molecule has 1 aliphatic heterocycles. The summed E-state index contributed by atoms with van der Waals surface area (Å²) >= 11 is 0. The van der Waals surface area contributed by atoms with Crippen LogP contribution in [0, 0.1) is 35.3 Å². The molecule has 17 rings (SSSR count). The number of hydrogen-bond donors (Lipinski definition) is 0. The average Bonchev–Trinajstić information content (AvgIpc) is 1.55. The maximum atomic E-state index is 15.7. The third-order valence-corrected chi connectivity index (χ3v) is 24.2. The van der Waals surface area contributed by atoms with E-state index in [9.17, 15) is 0 Å². The summed E-state index contributed by atoms with van der Waals surface area (Å²) in [4.78, 5) is 4.84. The van der Waals surface area contributed by atoms with Crippen LogP contribution in [0.4, 0.5) is 31.5 Å². The largest absolute Gasteiger partial charge is 0.490 e. The van der Waals surface area contributed by atoms with E-state index in [1.807, 2.05) is 60.7 Å². The van der Waals surface area contributed by atoms with Crippen molar-refractivity contribution in [3.8, 4) is 5.75 Å². The Kier molecular flexibility index (Phi) is 17.4. The molecule has 1 saturated heterocycles. The Morgan fingerprint density at radius 3 is 1.86 bits per heavy atom. The van der Waals surface area contributed by atoms with Gasteiger partial charge in [-0.25, -0.2) is 8.78 Å². The van der Waals surface area contributed by atoms with Gasteiger partial charge in [-0.2, -0.15) is 0 Å². The zero-order valence-electron chi connectivity index (χ0n) is 61.1. The van der Waals surface area contributed by atoms with Crippen LogP contribution >= 0.6 is 0 Å². The van der Waals surface area contributed by atoms with Crippen LogP contribution in [-0.2, 0) is 31.1 Å². The number of ether oxygens (including phenoxy) is 3. The summed E-state index contributed by atoms with van der Waals surface area (Å²) in [6, 6.07) is 55.5. The molecule has 10 unspecified atom stereocenters. The van der Waals surface area contributed by atoms with E-state index in [0.717, 1.165) is 108 Å². The van der Waals surface area contributed by atoms with Crippen LogP contribution in [0.15, 0.2) is 326 Å². The Hall–Kier alpha value is -10.3. The van der Waals surface area contributed by atoms with Crippen LogP contribution in [0.5, 0.6) is 5.75 Å². The second-order valence-corrected chi connectivity index (χ2v) is 32.1. The molecule has 1 fully saturated rings. The van der Waals surface area contributed by atoms with Crippen molar-refractivity contribution in [2.24, 2.45) is 23.7 Å². The lowest BCUT2D eigenvalue weighted by Crippen LogP contribution is -2.39. The molecule has 0 amide bonds. The highest BCUT2D eigenvalue weighted by Crippen LogP contribution is 2.64. The molecule has 0 aromatic heterocycles. The predicted molar refractivity (Wildman–Crippen MR) is 427 cm³/mol. The van der Waals surface area contributed by atoms with Crippen LogP contribution in [0.2, 0.25) is 0 Å². The van der Waals surface area contributed by atoms with Gasteiger partial charge >= 0.3 is 0 Å². The summed E-state index contributed by atoms with van der Waals surface area (Å²) in [5.74, 6) is 1.76. The minimum absolute atomic E-state index is 0.0189. The maximum Gasteiger partial charge on any atom is 0.127 e. The molecule has 7 heteroatoms. The third kappa shape index (κ3) is 11.9. The Bertz CT molecular complexity index is 5050. The fourth-order valence-corrected chi connectivity index (χ4v) is 19.1. The van der Waals surface area contributed by atoms with Gasteiger partial charge in [0.15, 0.2) is 0 Å². The van der Waals surface area contributed by atoms with Gasteiger partial charge in [-0.15, -0.1) is 0 Å². The second kappa shape index (κ2) is 27.0. The molecule has 0 saturated carbocycles. The summed E-state index contributed by atoms with van der Waals surface area (Å²) in [5.41, 5.74) is 20.9. The van der Waals surface area contributed by atoms with Gasteiger partial charge in [-0.3, -0.25) is 0 Å². The first-order chi connectivity index (χ1) is 51.0. The van der Waals surface area contributed by atoms with Crippen molar-refractivity contribution in [2.75, 3.05) is 9.80 Å². The molecule has 10 atom stereocenters. The van der Waals surface area contributed by atoms with Gasteiger partial charge < -0.3 is 24.0 Å². The molecular formula is C98H92F2N2O3. The van der Waals surface area contributed by atoms with Crippen molar-refractivity contribution >= 4 is 34.4 Å². The standard InChI is InChI=1S/C98H92F2N2O3/c1-9-63-25-51-77(52-26-63)103-79-55-37-69(38-56-79)97(67-33-29-65(30-34-67)95(3,4)5)85-19-13-11-17-81(85)83-59-49-75(61-87(83)97)101(73-45-41-71(99)42-46-73)89-21-15-23-91-93(89)94-90(22-16-24-92(94)105-91)102(74-47-43-72(100)44-48-74)76-50-60-84-82-18-12-14-20-86(82)98(88(84)62-76,68-35-31-66(32-36-68)96(6,7)8)70-39-57-80(58-40-70)104-78-53-27-64(10-2)28-54-78/h9-13,16-19,21-22,24-25,27-39,41-51,53-55,57-62,70,79,81,85,91-94H,1-2,14-15,20,23,26,40,52,56H2,3-8H3. The van der Waals surface area contributed by atoms with Gasteiger partial charge in [-0.1, -0.05) is 219 Å². The summed E-state index contributed by atoms with van der Waals surface area (Å²) in [6.07, 6.45) is 51.3. The first-order valence-corrected chi connectivity index (χ1v) is 38.0. The highest BCUT2D eigenvalue weighted by atomic mass is 19.1. The van der Waals surface area contributed by atoms with Crippen LogP contribution in [0.25, 0.3) is 11.6 Å². The van der Waals surface area contributed by atoms with E-state index in [4.69, 9.17) is 14.2 Å². The topological polar surface area (TPSA) is 34.2 Å². The molecule has 105 heavy (non-hydrogen) atoms. The number of allylic oxidation sites excluding steroid dienone is 21.